The van der Waals surface area contributed by atoms with Crippen LogP contribution in [0.15, 0.2) is 34.9 Å². The third kappa shape index (κ3) is 5.28. The second kappa shape index (κ2) is 9.18. The molecule has 1 aliphatic carbocycles. The molecule has 0 spiro atoms. The summed E-state index contributed by atoms with van der Waals surface area (Å²) in [5.41, 5.74) is 10.9. The fourth-order valence-electron chi connectivity index (χ4n) is 3.13. The van der Waals surface area contributed by atoms with E-state index in [1.165, 1.54) is 37.7 Å². The minimum Gasteiger partial charge on any atom is -0.327 e. The van der Waals surface area contributed by atoms with Gasteiger partial charge in [0.15, 0.2) is 0 Å². The Labute approximate surface area is 126 Å². The zero-order valence-electron chi connectivity index (χ0n) is 13.9. The monoisotopic (exact) mass is 275 g/mol. The molecule has 0 radical (unpaired) electrons. The van der Waals surface area contributed by atoms with Gasteiger partial charge in [-0.3, -0.25) is 0 Å². The van der Waals surface area contributed by atoms with Crippen LogP contribution in [0, 0.1) is 5.92 Å². The van der Waals surface area contributed by atoms with E-state index in [1.807, 2.05) is 0 Å². The van der Waals surface area contributed by atoms with Crippen LogP contribution in [0.1, 0.15) is 72.6 Å². The first kappa shape index (κ1) is 17.2. The maximum Gasteiger partial charge on any atom is 0.00764 e. The summed E-state index contributed by atoms with van der Waals surface area (Å²) in [5, 5.41) is 0. The van der Waals surface area contributed by atoms with Crippen molar-refractivity contribution in [1.82, 2.24) is 0 Å². The summed E-state index contributed by atoms with van der Waals surface area (Å²) in [5.74, 6) is 0.655. The van der Waals surface area contributed by atoms with Gasteiger partial charge in [-0.25, -0.2) is 0 Å². The number of unbranched alkanes of at least 4 members (excludes halogenated alkanes) is 1. The van der Waals surface area contributed by atoms with Crippen molar-refractivity contribution in [2.45, 2.75) is 78.7 Å². The maximum absolute atomic E-state index is 6.35. The predicted octanol–water partition coefficient (Wildman–Crippen LogP) is 5.53. The molecule has 0 bridgehead atoms. The van der Waals surface area contributed by atoms with E-state index in [-0.39, 0.29) is 0 Å². The van der Waals surface area contributed by atoms with Crippen molar-refractivity contribution >= 4 is 0 Å². The van der Waals surface area contributed by atoms with E-state index in [0.717, 1.165) is 12.8 Å². The molecule has 0 saturated carbocycles. The fourth-order valence-corrected chi connectivity index (χ4v) is 3.13. The lowest BCUT2D eigenvalue weighted by molar-refractivity contribution is 0.537. The molecule has 0 heterocycles. The highest BCUT2D eigenvalue weighted by molar-refractivity contribution is 5.31. The molecule has 0 aromatic rings. The standard InChI is InChI=1S/C19H33N/c1-5-8-11-18(20)14-17(13-15(4)6-2)19-12-9-10-16(19)7-3/h6,10,13,18-19H,5,7-9,11-12,14,20H2,1-4H3/b15-6-,17-13+. The summed E-state index contributed by atoms with van der Waals surface area (Å²) in [6.45, 7) is 8.83. The first-order valence-electron chi connectivity index (χ1n) is 8.40. The first-order valence-corrected chi connectivity index (χ1v) is 8.40. The van der Waals surface area contributed by atoms with Gasteiger partial charge in [0.2, 0.25) is 0 Å². The number of hydrogen-bond donors (Lipinski definition) is 1. The van der Waals surface area contributed by atoms with Crippen LogP contribution in [0.5, 0.6) is 0 Å². The van der Waals surface area contributed by atoms with Crippen molar-refractivity contribution < 1.29 is 0 Å². The van der Waals surface area contributed by atoms with Crippen molar-refractivity contribution in [1.29, 1.82) is 0 Å². The fraction of sp³-hybridized carbons (Fsp3) is 0.684. The zero-order chi connectivity index (χ0) is 15.0. The zero-order valence-corrected chi connectivity index (χ0v) is 13.9. The normalized spacial score (nSPS) is 22.1. The second-order valence-electron chi connectivity index (χ2n) is 6.12. The van der Waals surface area contributed by atoms with E-state index >= 15 is 0 Å². The molecule has 0 saturated heterocycles. The van der Waals surface area contributed by atoms with Gasteiger partial charge in [0.05, 0.1) is 0 Å². The largest absolute Gasteiger partial charge is 0.327 e. The smallest absolute Gasteiger partial charge is 0.00764 e. The van der Waals surface area contributed by atoms with E-state index in [0.29, 0.717) is 12.0 Å². The van der Waals surface area contributed by atoms with Gasteiger partial charge in [-0.15, -0.1) is 0 Å². The lowest BCUT2D eigenvalue weighted by atomic mass is 9.85. The molecule has 0 fully saturated rings. The first-order chi connectivity index (χ1) is 9.62. The molecule has 1 heteroatoms. The summed E-state index contributed by atoms with van der Waals surface area (Å²) < 4.78 is 0. The molecule has 0 amide bonds. The number of nitrogens with two attached hydrogens (primary N) is 1. The number of allylic oxidation sites excluding steroid dienone is 5. The molecule has 20 heavy (non-hydrogen) atoms. The molecule has 0 aromatic carbocycles. The molecular formula is C19H33N. The van der Waals surface area contributed by atoms with Crippen LogP contribution in [-0.4, -0.2) is 6.04 Å². The maximum atomic E-state index is 6.35. The Morgan fingerprint density at radius 2 is 2.20 bits per heavy atom. The van der Waals surface area contributed by atoms with Gasteiger partial charge >= 0.3 is 0 Å². The second-order valence-corrected chi connectivity index (χ2v) is 6.12. The summed E-state index contributed by atoms with van der Waals surface area (Å²) >= 11 is 0. The number of rotatable bonds is 8. The average Bonchev–Trinajstić information content (AvgIpc) is 2.92. The van der Waals surface area contributed by atoms with Gasteiger partial charge in [0.1, 0.15) is 0 Å². The SMILES string of the molecule is C/C=C(C)\C=C(/CC(N)CCCC)C1CCC=C1CC. The number of hydrogen-bond acceptors (Lipinski definition) is 1. The van der Waals surface area contributed by atoms with Crippen molar-refractivity contribution in [3.05, 3.63) is 34.9 Å². The van der Waals surface area contributed by atoms with Crippen LogP contribution in [-0.2, 0) is 0 Å². The van der Waals surface area contributed by atoms with E-state index < -0.39 is 0 Å². The van der Waals surface area contributed by atoms with Gasteiger partial charge in [0, 0.05) is 12.0 Å². The molecule has 0 aromatic heterocycles. The van der Waals surface area contributed by atoms with Crippen molar-refractivity contribution in [2.24, 2.45) is 11.7 Å². The molecule has 1 aliphatic rings. The summed E-state index contributed by atoms with van der Waals surface area (Å²) in [4.78, 5) is 0. The van der Waals surface area contributed by atoms with Crippen molar-refractivity contribution in [3.8, 4) is 0 Å². The van der Waals surface area contributed by atoms with Crippen LogP contribution in [0.3, 0.4) is 0 Å². The molecule has 2 unspecified atom stereocenters. The lowest BCUT2D eigenvalue weighted by Gasteiger charge is -2.22. The molecule has 0 aliphatic heterocycles. The van der Waals surface area contributed by atoms with Gasteiger partial charge in [-0.05, 0) is 46.0 Å². The Balaban J connectivity index is 2.81. The Kier molecular flexibility index (Phi) is 7.91. The summed E-state index contributed by atoms with van der Waals surface area (Å²) in [6, 6.07) is 0.324. The average molecular weight is 275 g/mol. The van der Waals surface area contributed by atoms with Crippen molar-refractivity contribution in [2.75, 3.05) is 0 Å². The Bertz CT molecular complexity index is 373. The van der Waals surface area contributed by atoms with E-state index in [1.54, 1.807) is 11.1 Å². The molecular weight excluding hydrogens is 242 g/mol. The molecule has 1 nitrogen and oxygen atoms in total. The van der Waals surface area contributed by atoms with Gasteiger partial charge in [-0.1, -0.05) is 61.6 Å². The minimum absolute atomic E-state index is 0.324. The molecule has 114 valence electrons. The third-order valence-corrected chi connectivity index (χ3v) is 4.46. The van der Waals surface area contributed by atoms with E-state index in [9.17, 15) is 0 Å². The highest BCUT2D eigenvalue weighted by Crippen LogP contribution is 2.36. The van der Waals surface area contributed by atoms with Gasteiger partial charge in [0.25, 0.3) is 0 Å². The summed E-state index contributed by atoms with van der Waals surface area (Å²) in [7, 11) is 0. The van der Waals surface area contributed by atoms with Gasteiger partial charge < -0.3 is 5.73 Å². The highest BCUT2D eigenvalue weighted by Gasteiger charge is 2.23. The highest BCUT2D eigenvalue weighted by atomic mass is 14.6. The quantitative estimate of drug-likeness (QED) is 0.457. The predicted molar refractivity (Wildman–Crippen MR) is 90.7 cm³/mol. The van der Waals surface area contributed by atoms with Crippen molar-refractivity contribution in [3.63, 3.8) is 0 Å². The molecule has 2 N–H and O–H groups in total. The van der Waals surface area contributed by atoms with Crippen LogP contribution >= 0.6 is 0 Å². The van der Waals surface area contributed by atoms with Crippen LogP contribution < -0.4 is 5.73 Å². The Morgan fingerprint density at radius 1 is 1.45 bits per heavy atom. The molecule has 2 atom stereocenters. The van der Waals surface area contributed by atoms with E-state index in [2.05, 4.69) is 45.9 Å². The lowest BCUT2D eigenvalue weighted by Crippen LogP contribution is -2.22. The Hall–Kier alpha value is -0.820. The third-order valence-electron chi connectivity index (χ3n) is 4.46. The minimum atomic E-state index is 0.324. The van der Waals surface area contributed by atoms with Crippen LogP contribution in [0.2, 0.25) is 0 Å². The van der Waals surface area contributed by atoms with Crippen LogP contribution in [0.4, 0.5) is 0 Å². The molecule has 1 rings (SSSR count). The van der Waals surface area contributed by atoms with Crippen LogP contribution in [0.25, 0.3) is 0 Å². The summed E-state index contributed by atoms with van der Waals surface area (Å²) in [6.07, 6.45) is 15.4. The topological polar surface area (TPSA) is 26.0 Å². The van der Waals surface area contributed by atoms with Gasteiger partial charge in [-0.2, -0.15) is 0 Å². The van der Waals surface area contributed by atoms with E-state index in [4.69, 9.17) is 5.73 Å². The Morgan fingerprint density at radius 3 is 2.80 bits per heavy atom.